The number of aromatic nitrogens is 1. The Bertz CT molecular complexity index is 968. The van der Waals surface area contributed by atoms with Gasteiger partial charge in [0.2, 0.25) is 0 Å². The fraction of sp³-hybridized carbons (Fsp3) is 0.389. The molecular formula is C18H19ClN4O2S2. The second-order valence-electron chi connectivity index (χ2n) is 6.68. The van der Waals surface area contributed by atoms with Crippen LogP contribution in [0.1, 0.15) is 46.0 Å². The van der Waals surface area contributed by atoms with Gasteiger partial charge in [-0.25, -0.2) is 4.98 Å². The van der Waals surface area contributed by atoms with Crippen LogP contribution >= 0.6 is 22.9 Å². The first-order chi connectivity index (χ1) is 12.9. The third kappa shape index (κ3) is 3.41. The van der Waals surface area contributed by atoms with Gasteiger partial charge in [0, 0.05) is 21.4 Å². The van der Waals surface area contributed by atoms with Crippen molar-refractivity contribution in [2.24, 2.45) is 10.7 Å². The van der Waals surface area contributed by atoms with Crippen molar-refractivity contribution in [3.05, 3.63) is 44.7 Å². The number of amides is 1. The number of pyridine rings is 1. The average Bonchev–Trinajstić information content (AvgIpc) is 3.36. The molecule has 0 saturated heterocycles. The van der Waals surface area contributed by atoms with Crippen molar-refractivity contribution in [2.45, 2.75) is 37.0 Å². The number of nitrogens with one attached hydrogen (secondary N) is 1. The first-order valence-corrected chi connectivity index (χ1v) is 11.2. The van der Waals surface area contributed by atoms with E-state index < -0.39 is 15.5 Å². The van der Waals surface area contributed by atoms with Crippen LogP contribution in [0.15, 0.2) is 29.3 Å². The standard InChI is InChI=1S/C18H19ClN4O2S2/c1-2-10-4-3-5-14(21-10)23-16(24)13-8-11(19)15(26-13)12-9-27(25)18(6-7-18)17(20)22-12/h3-5,8,12H,2,6-7,9H2,1H3,(H2,20,22)(H,21,23,24)/t12-,27?/m0/s1. The number of aliphatic imine (C=N–C) groups is 1. The molecule has 1 fully saturated rings. The summed E-state index contributed by atoms with van der Waals surface area (Å²) in [6.45, 7) is 2.01. The summed E-state index contributed by atoms with van der Waals surface area (Å²) in [5.74, 6) is 1.07. The van der Waals surface area contributed by atoms with E-state index in [1.807, 2.05) is 19.1 Å². The molecule has 27 heavy (non-hydrogen) atoms. The highest BCUT2D eigenvalue weighted by Crippen LogP contribution is 2.47. The molecule has 3 heterocycles. The first kappa shape index (κ1) is 18.6. The molecule has 2 aliphatic rings. The zero-order chi connectivity index (χ0) is 19.2. The van der Waals surface area contributed by atoms with Crippen LogP contribution in [0.5, 0.6) is 0 Å². The van der Waals surface area contributed by atoms with Crippen molar-refractivity contribution in [2.75, 3.05) is 11.1 Å². The van der Waals surface area contributed by atoms with E-state index in [0.29, 0.717) is 27.3 Å². The summed E-state index contributed by atoms with van der Waals surface area (Å²) in [7, 11) is -1.06. The first-order valence-electron chi connectivity index (χ1n) is 8.71. The lowest BCUT2D eigenvalue weighted by atomic mass is 10.2. The van der Waals surface area contributed by atoms with E-state index in [9.17, 15) is 9.00 Å². The molecule has 9 heteroatoms. The topological polar surface area (TPSA) is 97.4 Å². The quantitative estimate of drug-likeness (QED) is 0.789. The summed E-state index contributed by atoms with van der Waals surface area (Å²) in [6.07, 6.45) is 2.45. The van der Waals surface area contributed by atoms with Crippen LogP contribution in [-0.4, -0.2) is 31.4 Å². The Kier molecular flexibility index (Phi) is 4.82. The number of carbonyl (C=O) groups is 1. The number of hydrogen-bond donors (Lipinski definition) is 2. The van der Waals surface area contributed by atoms with E-state index in [-0.39, 0.29) is 11.9 Å². The van der Waals surface area contributed by atoms with Crippen molar-refractivity contribution in [3.8, 4) is 0 Å². The molecular weight excluding hydrogens is 404 g/mol. The van der Waals surface area contributed by atoms with Crippen molar-refractivity contribution in [1.82, 2.24) is 4.98 Å². The van der Waals surface area contributed by atoms with Crippen LogP contribution in [0.4, 0.5) is 5.82 Å². The van der Waals surface area contributed by atoms with E-state index in [1.165, 1.54) is 11.3 Å². The maximum absolute atomic E-state index is 12.6. The molecule has 0 aromatic carbocycles. The van der Waals surface area contributed by atoms with Gasteiger partial charge in [-0.15, -0.1) is 11.3 Å². The summed E-state index contributed by atoms with van der Waals surface area (Å²) in [4.78, 5) is 22.7. The minimum Gasteiger partial charge on any atom is -0.386 e. The number of halogens is 1. The van der Waals surface area contributed by atoms with Gasteiger partial charge in [-0.2, -0.15) is 0 Å². The van der Waals surface area contributed by atoms with Gasteiger partial charge in [-0.05, 0) is 37.5 Å². The molecule has 3 N–H and O–H groups in total. The molecule has 1 aliphatic carbocycles. The lowest BCUT2D eigenvalue weighted by molar-refractivity contribution is 0.103. The third-order valence-electron chi connectivity index (χ3n) is 4.86. The Hall–Kier alpha value is -1.77. The molecule has 142 valence electrons. The number of thiophene rings is 1. The SMILES string of the molecule is CCc1cccc(NC(=O)c2cc(Cl)c([C@@H]3CS(=O)C4(CC4)C(N)=N3)s2)n1. The zero-order valence-electron chi connectivity index (χ0n) is 14.7. The lowest BCUT2D eigenvalue weighted by Gasteiger charge is -2.24. The van der Waals surface area contributed by atoms with Crippen LogP contribution in [-0.2, 0) is 17.2 Å². The average molecular weight is 423 g/mol. The molecule has 1 aliphatic heterocycles. The molecule has 1 spiro atoms. The molecule has 2 atom stereocenters. The van der Waals surface area contributed by atoms with E-state index in [0.717, 1.165) is 29.8 Å². The maximum atomic E-state index is 12.6. The van der Waals surface area contributed by atoms with Gasteiger partial charge >= 0.3 is 0 Å². The third-order valence-corrected chi connectivity index (χ3v) is 8.63. The number of anilines is 1. The summed E-state index contributed by atoms with van der Waals surface area (Å²) >= 11 is 7.62. The van der Waals surface area contributed by atoms with Gasteiger partial charge in [-0.3, -0.25) is 14.0 Å². The van der Waals surface area contributed by atoms with E-state index in [4.69, 9.17) is 17.3 Å². The molecule has 1 saturated carbocycles. The highest BCUT2D eigenvalue weighted by atomic mass is 35.5. The van der Waals surface area contributed by atoms with Gasteiger partial charge in [0.15, 0.2) is 0 Å². The van der Waals surface area contributed by atoms with Gasteiger partial charge in [0.05, 0.1) is 21.7 Å². The van der Waals surface area contributed by atoms with Crippen molar-refractivity contribution < 1.29 is 9.00 Å². The normalized spacial score (nSPS) is 23.1. The number of nitrogens with two attached hydrogens (primary N) is 1. The summed E-state index contributed by atoms with van der Waals surface area (Å²) in [6, 6.07) is 6.77. The molecule has 4 rings (SSSR count). The highest BCUT2D eigenvalue weighted by molar-refractivity contribution is 7.87. The van der Waals surface area contributed by atoms with Crippen LogP contribution in [0.25, 0.3) is 0 Å². The highest BCUT2D eigenvalue weighted by Gasteiger charge is 2.55. The second-order valence-corrected chi connectivity index (χ2v) is 9.98. The molecule has 1 amide bonds. The largest absolute Gasteiger partial charge is 0.386 e. The second kappa shape index (κ2) is 7.00. The smallest absolute Gasteiger partial charge is 0.266 e. The predicted octanol–water partition coefficient (Wildman–Crippen LogP) is 3.30. The Morgan fingerprint density at radius 3 is 2.93 bits per heavy atom. The monoisotopic (exact) mass is 422 g/mol. The van der Waals surface area contributed by atoms with Crippen molar-refractivity contribution in [1.29, 1.82) is 0 Å². The lowest BCUT2D eigenvalue weighted by Crippen LogP contribution is -2.41. The van der Waals surface area contributed by atoms with Gasteiger partial charge in [0.1, 0.15) is 16.4 Å². The maximum Gasteiger partial charge on any atom is 0.266 e. The van der Waals surface area contributed by atoms with E-state index >= 15 is 0 Å². The molecule has 2 aromatic rings. The molecule has 1 unspecified atom stereocenters. The Morgan fingerprint density at radius 2 is 2.26 bits per heavy atom. The van der Waals surface area contributed by atoms with Gasteiger partial charge in [-0.1, -0.05) is 24.6 Å². The van der Waals surface area contributed by atoms with Crippen LogP contribution in [0.2, 0.25) is 5.02 Å². The number of hydrogen-bond acceptors (Lipinski definition) is 6. The fourth-order valence-electron chi connectivity index (χ4n) is 3.12. The number of amidine groups is 1. The summed E-state index contributed by atoms with van der Waals surface area (Å²) in [5, 5.41) is 3.25. The number of carbonyl (C=O) groups excluding carboxylic acids is 1. The Balaban J connectivity index is 1.55. The number of rotatable bonds is 4. The van der Waals surface area contributed by atoms with E-state index in [1.54, 1.807) is 12.1 Å². The minimum absolute atomic E-state index is 0.276. The fourth-order valence-corrected chi connectivity index (χ4v) is 6.32. The van der Waals surface area contributed by atoms with Crippen LogP contribution < -0.4 is 11.1 Å². The zero-order valence-corrected chi connectivity index (χ0v) is 17.1. The Labute approximate surface area is 168 Å². The number of nitrogens with zero attached hydrogens (tertiary/aromatic N) is 2. The summed E-state index contributed by atoms with van der Waals surface area (Å²) < 4.78 is 12.1. The van der Waals surface area contributed by atoms with Crippen LogP contribution in [0.3, 0.4) is 0 Å². The van der Waals surface area contributed by atoms with E-state index in [2.05, 4.69) is 15.3 Å². The predicted molar refractivity (Wildman–Crippen MR) is 110 cm³/mol. The molecule has 6 nitrogen and oxygen atoms in total. The van der Waals surface area contributed by atoms with Crippen LogP contribution in [0, 0.1) is 0 Å². The Morgan fingerprint density at radius 1 is 1.48 bits per heavy atom. The van der Waals surface area contributed by atoms with Crippen molar-refractivity contribution in [3.63, 3.8) is 0 Å². The molecule has 0 radical (unpaired) electrons. The van der Waals surface area contributed by atoms with Gasteiger partial charge < -0.3 is 11.1 Å². The molecule has 0 bridgehead atoms. The minimum atomic E-state index is -1.06. The molecule has 2 aromatic heterocycles. The summed E-state index contributed by atoms with van der Waals surface area (Å²) in [5.41, 5.74) is 6.97. The van der Waals surface area contributed by atoms with Crippen molar-refractivity contribution >= 4 is 51.3 Å². The van der Waals surface area contributed by atoms with Gasteiger partial charge in [0.25, 0.3) is 5.91 Å². The number of aryl methyl sites for hydroxylation is 1.